The summed E-state index contributed by atoms with van der Waals surface area (Å²) in [6.07, 6.45) is 0. The van der Waals surface area contributed by atoms with E-state index in [1.807, 2.05) is 24.3 Å². The monoisotopic (exact) mass is 360 g/mol. The normalized spacial score (nSPS) is 16.6. The van der Waals surface area contributed by atoms with Gasteiger partial charge in [-0.3, -0.25) is 4.79 Å². The van der Waals surface area contributed by atoms with Crippen molar-refractivity contribution >= 4 is 16.7 Å². The van der Waals surface area contributed by atoms with Gasteiger partial charge >= 0.3 is 0 Å². The number of fused-ring (bicyclic) bond motifs is 2. The Morgan fingerprint density at radius 1 is 1.11 bits per heavy atom. The minimum Gasteiger partial charge on any atom is -0.492 e. The van der Waals surface area contributed by atoms with Gasteiger partial charge in [-0.15, -0.1) is 0 Å². The van der Waals surface area contributed by atoms with Crippen molar-refractivity contribution in [3.63, 3.8) is 0 Å². The van der Waals surface area contributed by atoms with Crippen molar-refractivity contribution in [2.24, 2.45) is 5.73 Å². The summed E-state index contributed by atoms with van der Waals surface area (Å²) in [5.74, 6) is 0.475. The van der Waals surface area contributed by atoms with Crippen LogP contribution in [0.3, 0.4) is 0 Å². The molecular formula is C23H24N2O2. The first-order valence-electron chi connectivity index (χ1n) is 9.30. The molecule has 3 aromatic rings. The largest absolute Gasteiger partial charge is 0.492 e. The number of hydrogen-bond acceptors (Lipinski definition) is 3. The molecule has 2 atom stereocenters. The number of aryl methyl sites for hydroxylation is 2. The number of rotatable bonds is 4. The summed E-state index contributed by atoms with van der Waals surface area (Å²) in [6, 6.07) is 18.2. The molecule has 1 amide bonds. The van der Waals surface area contributed by atoms with Crippen LogP contribution in [0.1, 0.15) is 34.2 Å². The second-order valence-corrected chi connectivity index (χ2v) is 7.24. The maximum atomic E-state index is 13.0. The number of carbonyl (C=O) groups excluding carboxylic acids is 1. The fourth-order valence-corrected chi connectivity index (χ4v) is 3.66. The van der Waals surface area contributed by atoms with E-state index in [-0.39, 0.29) is 17.9 Å². The highest BCUT2D eigenvalue weighted by Gasteiger charge is 2.32. The van der Waals surface area contributed by atoms with Crippen molar-refractivity contribution in [1.82, 2.24) is 5.32 Å². The van der Waals surface area contributed by atoms with E-state index in [4.69, 9.17) is 10.5 Å². The van der Waals surface area contributed by atoms with Crippen LogP contribution in [0.15, 0.2) is 54.6 Å². The van der Waals surface area contributed by atoms with Crippen molar-refractivity contribution in [3.05, 3.63) is 76.9 Å². The molecule has 3 aromatic carbocycles. The van der Waals surface area contributed by atoms with Crippen LogP contribution in [0, 0.1) is 13.8 Å². The molecule has 2 unspecified atom stereocenters. The Hall–Kier alpha value is -2.85. The highest BCUT2D eigenvalue weighted by Crippen LogP contribution is 2.36. The van der Waals surface area contributed by atoms with Gasteiger partial charge in [-0.1, -0.05) is 42.5 Å². The van der Waals surface area contributed by atoms with Gasteiger partial charge in [0.1, 0.15) is 18.3 Å². The Morgan fingerprint density at radius 2 is 1.85 bits per heavy atom. The summed E-state index contributed by atoms with van der Waals surface area (Å²) in [5, 5.41) is 5.44. The van der Waals surface area contributed by atoms with E-state index >= 15 is 0 Å². The number of hydrogen-bond donors (Lipinski definition) is 2. The van der Waals surface area contributed by atoms with Crippen molar-refractivity contribution in [2.45, 2.75) is 25.8 Å². The summed E-state index contributed by atoms with van der Waals surface area (Å²) in [6.45, 7) is 4.83. The average molecular weight is 360 g/mol. The molecule has 4 nitrogen and oxygen atoms in total. The van der Waals surface area contributed by atoms with Crippen LogP contribution in [-0.2, 0) is 4.79 Å². The highest BCUT2D eigenvalue weighted by molar-refractivity contribution is 5.87. The lowest BCUT2D eigenvalue weighted by Gasteiger charge is -2.20. The minimum absolute atomic E-state index is 0.0411. The van der Waals surface area contributed by atoms with Crippen LogP contribution in [0.25, 0.3) is 10.8 Å². The van der Waals surface area contributed by atoms with Gasteiger partial charge < -0.3 is 15.8 Å². The summed E-state index contributed by atoms with van der Waals surface area (Å²) >= 11 is 0. The second kappa shape index (κ2) is 7.05. The molecule has 0 aromatic heterocycles. The Kier molecular flexibility index (Phi) is 4.58. The molecule has 3 N–H and O–H groups in total. The first-order valence-corrected chi connectivity index (χ1v) is 9.30. The van der Waals surface area contributed by atoms with E-state index in [1.165, 1.54) is 16.5 Å². The highest BCUT2D eigenvalue weighted by atomic mass is 16.5. The van der Waals surface area contributed by atoms with Gasteiger partial charge in [0.25, 0.3) is 0 Å². The summed E-state index contributed by atoms with van der Waals surface area (Å²) < 4.78 is 5.75. The van der Waals surface area contributed by atoms with E-state index in [2.05, 4.69) is 49.5 Å². The van der Waals surface area contributed by atoms with Crippen LogP contribution in [0.4, 0.5) is 0 Å². The van der Waals surface area contributed by atoms with E-state index in [9.17, 15) is 4.79 Å². The molecule has 0 saturated carbocycles. The van der Waals surface area contributed by atoms with Crippen molar-refractivity contribution in [1.29, 1.82) is 0 Å². The van der Waals surface area contributed by atoms with Crippen molar-refractivity contribution in [3.8, 4) is 5.75 Å². The molecular weight excluding hydrogens is 336 g/mol. The van der Waals surface area contributed by atoms with Crippen LogP contribution >= 0.6 is 0 Å². The van der Waals surface area contributed by atoms with Crippen LogP contribution in [0.2, 0.25) is 0 Å². The predicted octanol–water partition coefficient (Wildman–Crippen LogP) is 3.75. The first-order chi connectivity index (χ1) is 13.1. The molecule has 0 aliphatic carbocycles. The molecule has 4 rings (SSSR count). The standard InChI is InChI=1S/C23H24N2O2/c1-14-9-19-20(13-27-22(19)10-15(14)2)23(26)25-21(12-24)18-8-7-16-5-3-4-6-17(16)11-18/h3-11,20-21H,12-13,24H2,1-2H3,(H,25,26). The molecule has 0 radical (unpaired) electrons. The topological polar surface area (TPSA) is 64.4 Å². The van der Waals surface area contributed by atoms with Gasteiger partial charge in [-0.2, -0.15) is 0 Å². The van der Waals surface area contributed by atoms with E-state index < -0.39 is 0 Å². The Bertz CT molecular complexity index is 1010. The number of nitrogens with two attached hydrogens (primary N) is 1. The third-order valence-electron chi connectivity index (χ3n) is 5.45. The van der Waals surface area contributed by atoms with Crippen molar-refractivity contribution < 1.29 is 9.53 Å². The van der Waals surface area contributed by atoms with E-state index in [1.54, 1.807) is 0 Å². The number of nitrogens with one attached hydrogen (secondary N) is 1. The van der Waals surface area contributed by atoms with Gasteiger partial charge in [-0.05, 0) is 53.4 Å². The maximum absolute atomic E-state index is 13.0. The third-order valence-corrected chi connectivity index (χ3v) is 5.45. The lowest BCUT2D eigenvalue weighted by Crippen LogP contribution is -2.37. The Labute approximate surface area is 159 Å². The van der Waals surface area contributed by atoms with Crippen LogP contribution in [0.5, 0.6) is 5.75 Å². The van der Waals surface area contributed by atoms with Gasteiger partial charge in [0.05, 0.1) is 6.04 Å². The third kappa shape index (κ3) is 3.28. The maximum Gasteiger partial charge on any atom is 0.231 e. The van der Waals surface area contributed by atoms with Crippen LogP contribution in [-0.4, -0.2) is 19.1 Å². The number of benzene rings is 3. The molecule has 1 aliphatic heterocycles. The smallest absolute Gasteiger partial charge is 0.231 e. The fourth-order valence-electron chi connectivity index (χ4n) is 3.66. The first kappa shape index (κ1) is 17.6. The second-order valence-electron chi connectivity index (χ2n) is 7.24. The molecule has 27 heavy (non-hydrogen) atoms. The van der Waals surface area contributed by atoms with Gasteiger partial charge in [0.2, 0.25) is 5.91 Å². The quantitative estimate of drug-likeness (QED) is 0.745. The zero-order valence-electron chi connectivity index (χ0n) is 15.7. The molecule has 0 fully saturated rings. The zero-order chi connectivity index (χ0) is 19.0. The lowest BCUT2D eigenvalue weighted by atomic mass is 9.95. The number of ether oxygens (including phenoxy) is 1. The predicted molar refractivity (Wildman–Crippen MR) is 108 cm³/mol. The minimum atomic E-state index is -0.297. The zero-order valence-corrected chi connectivity index (χ0v) is 15.7. The number of carbonyl (C=O) groups is 1. The molecule has 138 valence electrons. The van der Waals surface area contributed by atoms with Crippen LogP contribution < -0.4 is 15.8 Å². The van der Waals surface area contributed by atoms with Gasteiger partial charge in [0, 0.05) is 12.1 Å². The van der Waals surface area contributed by atoms with Crippen molar-refractivity contribution in [2.75, 3.05) is 13.2 Å². The Morgan fingerprint density at radius 3 is 2.63 bits per heavy atom. The van der Waals surface area contributed by atoms with E-state index in [0.29, 0.717) is 13.2 Å². The van der Waals surface area contributed by atoms with Gasteiger partial charge in [0.15, 0.2) is 0 Å². The Balaban J connectivity index is 1.57. The van der Waals surface area contributed by atoms with Gasteiger partial charge in [-0.25, -0.2) is 0 Å². The summed E-state index contributed by atoms with van der Waals surface area (Å²) in [5.41, 5.74) is 10.3. The SMILES string of the molecule is Cc1cc2c(cc1C)C(C(=O)NC(CN)c1ccc3ccccc3c1)CO2. The molecule has 0 bridgehead atoms. The van der Waals surface area contributed by atoms with E-state index in [0.717, 1.165) is 22.3 Å². The summed E-state index contributed by atoms with van der Waals surface area (Å²) in [4.78, 5) is 13.0. The molecule has 4 heteroatoms. The molecule has 1 aliphatic rings. The summed E-state index contributed by atoms with van der Waals surface area (Å²) in [7, 11) is 0. The molecule has 1 heterocycles. The molecule has 0 saturated heterocycles. The average Bonchev–Trinajstić information content (AvgIpc) is 3.08. The lowest BCUT2D eigenvalue weighted by molar-refractivity contribution is -0.123. The number of amides is 1. The fraction of sp³-hybridized carbons (Fsp3) is 0.261. The molecule has 0 spiro atoms.